The third-order valence-corrected chi connectivity index (χ3v) is 3.33. The number of nitrogens with one attached hydrogen (secondary N) is 1. The zero-order valence-electron chi connectivity index (χ0n) is 9.80. The summed E-state index contributed by atoms with van der Waals surface area (Å²) in [5.41, 5.74) is 3.91. The van der Waals surface area contributed by atoms with Crippen molar-refractivity contribution in [3.05, 3.63) is 27.7 Å². The van der Waals surface area contributed by atoms with Crippen LogP contribution in [0.5, 0.6) is 5.75 Å². The number of hydrogen-bond donors (Lipinski definition) is 1. The van der Waals surface area contributed by atoms with Gasteiger partial charge in [0.05, 0.1) is 18.2 Å². The summed E-state index contributed by atoms with van der Waals surface area (Å²) in [6.07, 6.45) is 2.00. The van der Waals surface area contributed by atoms with Gasteiger partial charge in [0.1, 0.15) is 11.9 Å². The molecule has 5 heteroatoms. The fraction of sp³-hybridized carbons (Fsp3) is 0.500. The second kappa shape index (κ2) is 5.44. The summed E-state index contributed by atoms with van der Waals surface area (Å²) in [5.74, 6) is 0.712. The summed E-state index contributed by atoms with van der Waals surface area (Å²) in [6.45, 7) is 2.12. The molecule has 0 radical (unpaired) electrons. The molecule has 1 aromatic rings. The van der Waals surface area contributed by atoms with Crippen LogP contribution in [0.25, 0.3) is 0 Å². The molecule has 2 unspecified atom stereocenters. The summed E-state index contributed by atoms with van der Waals surface area (Å²) in [4.78, 5) is 5.02. The van der Waals surface area contributed by atoms with Gasteiger partial charge in [0, 0.05) is 10.6 Å². The lowest BCUT2D eigenvalue weighted by atomic mass is 10.0. The SMILES string of the molecule is CCCC1Oc2c(Cl)cc(Cl)cc2C1NOC. The maximum absolute atomic E-state index is 6.13. The standard InChI is InChI=1S/C12H15Cl2NO2/c1-3-4-10-11(15-16-2)8-5-7(13)6-9(14)12(8)17-10/h5-6,10-11,15H,3-4H2,1-2H3. The molecule has 1 N–H and O–H groups in total. The zero-order valence-corrected chi connectivity index (χ0v) is 11.3. The van der Waals surface area contributed by atoms with Crippen molar-refractivity contribution in [2.75, 3.05) is 7.11 Å². The second-order valence-electron chi connectivity index (χ2n) is 4.05. The topological polar surface area (TPSA) is 30.5 Å². The summed E-state index contributed by atoms with van der Waals surface area (Å²) in [7, 11) is 1.59. The van der Waals surface area contributed by atoms with Gasteiger partial charge in [-0.3, -0.25) is 0 Å². The summed E-state index contributed by atoms with van der Waals surface area (Å²) in [5, 5.41) is 1.16. The summed E-state index contributed by atoms with van der Waals surface area (Å²) < 4.78 is 5.87. The number of halogens is 2. The molecule has 0 bridgehead atoms. The van der Waals surface area contributed by atoms with E-state index in [2.05, 4.69) is 12.4 Å². The lowest BCUT2D eigenvalue weighted by molar-refractivity contribution is 0.0269. The van der Waals surface area contributed by atoms with Gasteiger partial charge in [0.15, 0.2) is 0 Å². The van der Waals surface area contributed by atoms with E-state index in [0.29, 0.717) is 15.8 Å². The van der Waals surface area contributed by atoms with E-state index in [9.17, 15) is 0 Å². The van der Waals surface area contributed by atoms with Crippen molar-refractivity contribution in [1.29, 1.82) is 0 Å². The molecule has 0 saturated heterocycles. The minimum absolute atomic E-state index is 0.0221. The molecule has 0 saturated carbocycles. The van der Waals surface area contributed by atoms with Crippen molar-refractivity contribution in [3.63, 3.8) is 0 Å². The molecule has 0 aliphatic carbocycles. The van der Waals surface area contributed by atoms with Crippen LogP contribution in [-0.4, -0.2) is 13.2 Å². The first kappa shape index (κ1) is 13.0. The Balaban J connectivity index is 2.35. The van der Waals surface area contributed by atoms with E-state index < -0.39 is 0 Å². The van der Waals surface area contributed by atoms with Gasteiger partial charge in [-0.15, -0.1) is 0 Å². The van der Waals surface area contributed by atoms with E-state index in [1.165, 1.54) is 0 Å². The van der Waals surface area contributed by atoms with Crippen LogP contribution in [0.15, 0.2) is 12.1 Å². The Morgan fingerprint density at radius 3 is 2.82 bits per heavy atom. The largest absolute Gasteiger partial charge is 0.486 e. The predicted octanol–water partition coefficient (Wildman–Crippen LogP) is 3.75. The average molecular weight is 276 g/mol. The number of ether oxygens (including phenoxy) is 1. The fourth-order valence-electron chi connectivity index (χ4n) is 2.13. The van der Waals surface area contributed by atoms with Crippen LogP contribution < -0.4 is 10.2 Å². The van der Waals surface area contributed by atoms with Crippen molar-refractivity contribution in [1.82, 2.24) is 5.48 Å². The van der Waals surface area contributed by atoms with Crippen LogP contribution in [0.4, 0.5) is 0 Å². The molecular formula is C12H15Cl2NO2. The maximum Gasteiger partial charge on any atom is 0.143 e. The smallest absolute Gasteiger partial charge is 0.143 e. The van der Waals surface area contributed by atoms with Gasteiger partial charge in [0.25, 0.3) is 0 Å². The van der Waals surface area contributed by atoms with Gasteiger partial charge >= 0.3 is 0 Å². The molecule has 2 rings (SSSR count). The highest BCUT2D eigenvalue weighted by molar-refractivity contribution is 6.35. The van der Waals surface area contributed by atoms with Crippen molar-refractivity contribution in [2.45, 2.75) is 31.9 Å². The number of rotatable bonds is 4. The quantitative estimate of drug-likeness (QED) is 0.850. The van der Waals surface area contributed by atoms with Crippen LogP contribution in [0.3, 0.4) is 0 Å². The number of benzene rings is 1. The van der Waals surface area contributed by atoms with E-state index in [-0.39, 0.29) is 12.1 Å². The summed E-state index contributed by atoms with van der Waals surface area (Å²) in [6, 6.07) is 3.54. The molecule has 0 fully saturated rings. The number of fused-ring (bicyclic) bond motifs is 1. The van der Waals surface area contributed by atoms with Crippen LogP contribution in [0.2, 0.25) is 10.0 Å². The van der Waals surface area contributed by atoms with Crippen molar-refractivity contribution in [2.24, 2.45) is 0 Å². The normalized spacial score (nSPS) is 22.4. The van der Waals surface area contributed by atoms with Gasteiger partial charge < -0.3 is 9.57 Å². The molecule has 17 heavy (non-hydrogen) atoms. The Kier molecular flexibility index (Phi) is 4.15. The van der Waals surface area contributed by atoms with Crippen LogP contribution in [0.1, 0.15) is 31.4 Å². The Morgan fingerprint density at radius 1 is 1.41 bits per heavy atom. The highest BCUT2D eigenvalue weighted by Crippen LogP contribution is 2.44. The monoisotopic (exact) mass is 275 g/mol. The molecule has 0 spiro atoms. The van der Waals surface area contributed by atoms with Crippen molar-refractivity contribution >= 4 is 23.2 Å². The molecule has 3 nitrogen and oxygen atoms in total. The first-order chi connectivity index (χ1) is 8.17. The average Bonchev–Trinajstić information content (AvgIpc) is 2.59. The first-order valence-electron chi connectivity index (χ1n) is 5.61. The van der Waals surface area contributed by atoms with Crippen LogP contribution >= 0.6 is 23.2 Å². The lowest BCUT2D eigenvalue weighted by Gasteiger charge is -2.18. The fourth-order valence-corrected chi connectivity index (χ4v) is 2.69. The van der Waals surface area contributed by atoms with Crippen LogP contribution in [0, 0.1) is 0 Å². The summed E-state index contributed by atoms with van der Waals surface area (Å²) >= 11 is 12.1. The number of hydroxylamine groups is 1. The van der Waals surface area contributed by atoms with E-state index in [4.69, 9.17) is 32.8 Å². The molecule has 1 heterocycles. The third-order valence-electron chi connectivity index (χ3n) is 2.83. The third kappa shape index (κ3) is 2.52. The van der Waals surface area contributed by atoms with E-state index in [1.54, 1.807) is 13.2 Å². The molecule has 0 amide bonds. The first-order valence-corrected chi connectivity index (χ1v) is 6.37. The minimum atomic E-state index is -0.0221. The van der Waals surface area contributed by atoms with Gasteiger partial charge in [-0.2, -0.15) is 5.48 Å². The van der Waals surface area contributed by atoms with Gasteiger partial charge in [-0.05, 0) is 18.6 Å². The van der Waals surface area contributed by atoms with Crippen molar-refractivity contribution < 1.29 is 9.57 Å². The molecule has 94 valence electrons. The molecule has 1 aromatic carbocycles. The van der Waals surface area contributed by atoms with E-state index in [0.717, 1.165) is 18.4 Å². The van der Waals surface area contributed by atoms with E-state index >= 15 is 0 Å². The van der Waals surface area contributed by atoms with Gasteiger partial charge in [-0.1, -0.05) is 36.5 Å². The second-order valence-corrected chi connectivity index (χ2v) is 4.89. The zero-order chi connectivity index (χ0) is 12.4. The van der Waals surface area contributed by atoms with Gasteiger partial charge in [0.2, 0.25) is 0 Å². The molecule has 1 aliphatic rings. The highest BCUT2D eigenvalue weighted by Gasteiger charge is 2.35. The Bertz CT molecular complexity index is 412. The Hall–Kier alpha value is -0.480. The molecule has 1 aliphatic heterocycles. The minimum Gasteiger partial charge on any atom is -0.486 e. The Labute approximate surface area is 111 Å². The van der Waals surface area contributed by atoms with E-state index in [1.807, 2.05) is 6.07 Å². The number of hydrogen-bond acceptors (Lipinski definition) is 3. The van der Waals surface area contributed by atoms with Crippen LogP contribution in [-0.2, 0) is 4.84 Å². The molecule has 0 aromatic heterocycles. The Morgan fingerprint density at radius 2 is 2.18 bits per heavy atom. The maximum atomic E-state index is 6.13. The highest BCUT2D eigenvalue weighted by atomic mass is 35.5. The molecule has 2 atom stereocenters. The van der Waals surface area contributed by atoms with Gasteiger partial charge in [-0.25, -0.2) is 0 Å². The predicted molar refractivity (Wildman–Crippen MR) is 68.7 cm³/mol. The lowest BCUT2D eigenvalue weighted by Crippen LogP contribution is -2.30. The van der Waals surface area contributed by atoms with Crippen molar-refractivity contribution in [3.8, 4) is 5.75 Å². The molecular weight excluding hydrogens is 261 g/mol.